The van der Waals surface area contributed by atoms with E-state index < -0.39 is 17.8 Å². The van der Waals surface area contributed by atoms with Crippen LogP contribution in [0.25, 0.3) is 27.1 Å². The molecule has 0 aliphatic rings. The number of carbonyl (C=O) groups is 1. The quantitative estimate of drug-likeness (QED) is 0.417. The lowest BCUT2D eigenvalue weighted by molar-refractivity contribution is -0.142. The van der Waals surface area contributed by atoms with Gasteiger partial charge in [-0.1, -0.05) is 24.3 Å². The summed E-state index contributed by atoms with van der Waals surface area (Å²) < 4.78 is 41.6. The third-order valence-corrected chi connectivity index (χ3v) is 5.70. The number of benzene rings is 1. The van der Waals surface area contributed by atoms with Crippen LogP contribution < -0.4 is 5.32 Å². The van der Waals surface area contributed by atoms with Gasteiger partial charge < -0.3 is 10.3 Å². The fourth-order valence-corrected chi connectivity index (χ4v) is 4.06. The number of alkyl halides is 3. The van der Waals surface area contributed by atoms with Gasteiger partial charge in [0.1, 0.15) is 5.56 Å². The number of H-pyrrole nitrogens is 1. The van der Waals surface area contributed by atoms with Crippen LogP contribution in [0, 0.1) is 0 Å². The minimum absolute atomic E-state index is 0.0278. The Morgan fingerprint density at radius 2 is 2.00 bits per heavy atom. The maximum Gasteiger partial charge on any atom is 0.433 e. The maximum atomic E-state index is 13.6. The molecule has 2 N–H and O–H groups in total. The molecule has 0 unspecified atom stereocenters. The first-order chi connectivity index (χ1) is 14.9. The van der Waals surface area contributed by atoms with Gasteiger partial charge in [0.2, 0.25) is 0 Å². The lowest BCUT2D eigenvalue weighted by atomic mass is 10.2. The molecule has 10 heteroatoms. The number of hydrogen-bond donors (Lipinski definition) is 2. The van der Waals surface area contributed by atoms with Crippen molar-refractivity contribution in [1.29, 1.82) is 0 Å². The third-order valence-electron chi connectivity index (χ3n) is 4.81. The summed E-state index contributed by atoms with van der Waals surface area (Å²) in [7, 11) is 0. The van der Waals surface area contributed by atoms with Crippen molar-refractivity contribution in [3.63, 3.8) is 0 Å². The van der Waals surface area contributed by atoms with E-state index in [0.29, 0.717) is 9.39 Å². The number of thiophene rings is 1. The van der Waals surface area contributed by atoms with Gasteiger partial charge in [-0.25, -0.2) is 9.50 Å². The molecule has 0 saturated heterocycles. The van der Waals surface area contributed by atoms with E-state index in [1.165, 1.54) is 11.3 Å². The van der Waals surface area contributed by atoms with Crippen molar-refractivity contribution in [2.45, 2.75) is 12.7 Å². The molecule has 5 rings (SSSR count). The third kappa shape index (κ3) is 3.55. The molecule has 0 radical (unpaired) electrons. The van der Waals surface area contributed by atoms with Crippen molar-refractivity contribution in [2.24, 2.45) is 0 Å². The SMILES string of the molecule is O=C(NCc1cc2ccccc2[nH]1)c1cnn2c(C(F)(F)F)cc(-c3cccs3)nc12. The Morgan fingerprint density at radius 1 is 1.16 bits per heavy atom. The molecule has 6 nitrogen and oxygen atoms in total. The van der Waals surface area contributed by atoms with Gasteiger partial charge in [-0.3, -0.25) is 4.79 Å². The van der Waals surface area contributed by atoms with Crippen LogP contribution in [0.5, 0.6) is 0 Å². The Labute approximate surface area is 177 Å². The molecule has 0 fully saturated rings. The number of nitrogens with one attached hydrogen (secondary N) is 2. The number of amides is 1. The van der Waals surface area contributed by atoms with Crippen molar-refractivity contribution in [2.75, 3.05) is 0 Å². The fraction of sp³-hybridized carbons (Fsp3) is 0.0952. The number of para-hydroxylation sites is 1. The minimum atomic E-state index is -4.66. The normalized spacial score (nSPS) is 12.0. The van der Waals surface area contributed by atoms with Crippen molar-refractivity contribution in [1.82, 2.24) is 24.9 Å². The van der Waals surface area contributed by atoms with Crippen LogP contribution in [0.2, 0.25) is 0 Å². The molecule has 5 aromatic rings. The van der Waals surface area contributed by atoms with Crippen LogP contribution in [0.4, 0.5) is 13.2 Å². The average molecular weight is 441 g/mol. The van der Waals surface area contributed by atoms with E-state index in [2.05, 4.69) is 20.4 Å². The van der Waals surface area contributed by atoms with Gasteiger partial charge in [0, 0.05) is 11.2 Å². The summed E-state index contributed by atoms with van der Waals surface area (Å²) in [5, 5.41) is 9.26. The Balaban J connectivity index is 1.50. The molecule has 1 aromatic carbocycles. The zero-order chi connectivity index (χ0) is 21.6. The van der Waals surface area contributed by atoms with Gasteiger partial charge in [-0.15, -0.1) is 11.3 Å². The molecule has 0 saturated carbocycles. The molecular formula is C21H14F3N5OS. The predicted octanol–water partition coefficient (Wildman–Crippen LogP) is 4.89. The molecular weight excluding hydrogens is 427 g/mol. The highest BCUT2D eigenvalue weighted by atomic mass is 32.1. The van der Waals surface area contributed by atoms with Crippen LogP contribution in [-0.4, -0.2) is 25.5 Å². The molecule has 4 heterocycles. The van der Waals surface area contributed by atoms with E-state index in [4.69, 9.17) is 0 Å². The van der Waals surface area contributed by atoms with Crippen LogP contribution in [0.1, 0.15) is 21.7 Å². The molecule has 0 aliphatic heterocycles. The zero-order valence-corrected chi connectivity index (χ0v) is 16.6. The lowest BCUT2D eigenvalue weighted by Gasteiger charge is -2.11. The van der Waals surface area contributed by atoms with Crippen molar-refractivity contribution >= 4 is 33.8 Å². The molecule has 0 bridgehead atoms. The highest BCUT2D eigenvalue weighted by Gasteiger charge is 2.36. The van der Waals surface area contributed by atoms with Crippen LogP contribution in [0.3, 0.4) is 0 Å². The van der Waals surface area contributed by atoms with E-state index in [-0.39, 0.29) is 23.4 Å². The number of nitrogens with zero attached hydrogens (tertiary/aromatic N) is 3. The van der Waals surface area contributed by atoms with Crippen molar-refractivity contribution in [3.05, 3.63) is 77.1 Å². The van der Waals surface area contributed by atoms with Crippen LogP contribution in [-0.2, 0) is 12.7 Å². The van der Waals surface area contributed by atoms with Gasteiger partial charge in [-0.2, -0.15) is 18.3 Å². The summed E-state index contributed by atoms with van der Waals surface area (Å²) >= 11 is 1.27. The Hall–Kier alpha value is -3.66. The summed E-state index contributed by atoms with van der Waals surface area (Å²) in [4.78, 5) is 20.8. The molecule has 0 atom stereocenters. The Kier molecular flexibility index (Phi) is 4.51. The summed E-state index contributed by atoms with van der Waals surface area (Å²) in [6.45, 7) is 0.182. The Morgan fingerprint density at radius 3 is 2.74 bits per heavy atom. The lowest BCUT2D eigenvalue weighted by Crippen LogP contribution is -2.23. The van der Waals surface area contributed by atoms with E-state index in [1.807, 2.05) is 30.3 Å². The first kappa shape index (κ1) is 19.3. The molecule has 0 aliphatic carbocycles. The first-order valence-electron chi connectivity index (χ1n) is 9.25. The first-order valence-corrected chi connectivity index (χ1v) is 10.1. The number of rotatable bonds is 4. The van der Waals surface area contributed by atoms with Gasteiger partial charge >= 0.3 is 6.18 Å². The highest BCUT2D eigenvalue weighted by Crippen LogP contribution is 2.33. The Bertz CT molecular complexity index is 1370. The summed E-state index contributed by atoms with van der Waals surface area (Å²) in [5.41, 5.74) is 0.678. The zero-order valence-electron chi connectivity index (χ0n) is 15.8. The predicted molar refractivity (Wildman–Crippen MR) is 111 cm³/mol. The number of halogens is 3. The van der Waals surface area contributed by atoms with E-state index in [0.717, 1.165) is 28.9 Å². The summed E-state index contributed by atoms with van der Waals surface area (Å²) in [6, 6.07) is 13.9. The molecule has 156 valence electrons. The van der Waals surface area contributed by atoms with Crippen LogP contribution >= 0.6 is 11.3 Å². The molecule has 31 heavy (non-hydrogen) atoms. The van der Waals surface area contributed by atoms with Crippen LogP contribution in [0.15, 0.2) is 60.1 Å². The second kappa shape index (κ2) is 7.24. The smallest absolute Gasteiger partial charge is 0.357 e. The number of carbonyl (C=O) groups excluding carboxylic acids is 1. The average Bonchev–Trinajstić information content (AvgIpc) is 3.49. The monoisotopic (exact) mass is 441 g/mol. The van der Waals surface area contributed by atoms with Gasteiger partial charge in [-0.05, 0) is 35.0 Å². The van der Waals surface area contributed by atoms with Crippen molar-refractivity contribution < 1.29 is 18.0 Å². The van der Waals surface area contributed by atoms with E-state index in [9.17, 15) is 18.0 Å². The number of aromatic nitrogens is 4. The second-order valence-corrected chi connectivity index (χ2v) is 7.81. The minimum Gasteiger partial charge on any atom is -0.357 e. The van der Waals surface area contributed by atoms with Crippen molar-refractivity contribution in [3.8, 4) is 10.6 Å². The topological polar surface area (TPSA) is 75.1 Å². The summed E-state index contributed by atoms with van der Waals surface area (Å²) in [6.07, 6.45) is -3.55. The number of hydrogen-bond acceptors (Lipinski definition) is 4. The highest BCUT2D eigenvalue weighted by molar-refractivity contribution is 7.13. The van der Waals surface area contributed by atoms with E-state index >= 15 is 0 Å². The van der Waals surface area contributed by atoms with Gasteiger partial charge in [0.25, 0.3) is 5.91 Å². The summed E-state index contributed by atoms with van der Waals surface area (Å²) in [5.74, 6) is -0.558. The molecule has 0 spiro atoms. The number of fused-ring (bicyclic) bond motifs is 2. The molecule has 4 aromatic heterocycles. The van der Waals surface area contributed by atoms with Gasteiger partial charge in [0.15, 0.2) is 11.3 Å². The standard InChI is InChI=1S/C21H14F3N5OS/c22-21(23,24)18-9-16(17-6-3-7-31-17)28-19-14(11-26-29(18)19)20(30)25-10-13-8-12-4-1-2-5-15(12)27-13/h1-9,11,27H,10H2,(H,25,30). The van der Waals surface area contributed by atoms with E-state index in [1.54, 1.807) is 17.5 Å². The largest absolute Gasteiger partial charge is 0.433 e. The van der Waals surface area contributed by atoms with Gasteiger partial charge in [0.05, 0.1) is 23.3 Å². The fourth-order valence-electron chi connectivity index (χ4n) is 3.37. The second-order valence-electron chi connectivity index (χ2n) is 6.86. The number of aromatic amines is 1. The molecule has 1 amide bonds. The maximum absolute atomic E-state index is 13.6.